The Morgan fingerprint density at radius 2 is 1.97 bits per heavy atom. The molecule has 0 fully saturated rings. The molecule has 1 atom stereocenters. The first-order chi connectivity index (χ1) is 14.5. The molecule has 0 aromatic carbocycles. The maximum absolute atomic E-state index is 11.3. The number of nitrogens with two attached hydrogens (primary N) is 1. The van der Waals surface area contributed by atoms with E-state index in [1.807, 2.05) is 27.1 Å². The number of amides is 1. The van der Waals surface area contributed by atoms with Crippen LogP contribution in [-0.2, 0) is 9.53 Å². The number of hydrogen-bond donors (Lipinski definition) is 2. The van der Waals surface area contributed by atoms with Crippen molar-refractivity contribution in [2.24, 2.45) is 10.7 Å². The molecule has 8 nitrogen and oxygen atoms in total. The van der Waals surface area contributed by atoms with Crippen molar-refractivity contribution in [2.75, 3.05) is 39.7 Å². The average Bonchev–Trinajstić information content (AvgIpc) is 2.72. The molecule has 0 saturated heterocycles. The number of carbonyl (C=O) groups excluding carboxylic acids is 1. The fraction of sp³-hybridized carbons (Fsp3) is 0.609. The number of hydrogen-bond acceptors (Lipinski definition) is 7. The van der Waals surface area contributed by atoms with Crippen LogP contribution in [-0.4, -0.2) is 62.1 Å². The van der Waals surface area contributed by atoms with Gasteiger partial charge in [-0.25, -0.2) is 9.98 Å². The van der Waals surface area contributed by atoms with E-state index in [9.17, 15) is 4.79 Å². The van der Waals surface area contributed by atoms with Gasteiger partial charge in [0.2, 0.25) is 17.7 Å². The van der Waals surface area contributed by atoms with Crippen LogP contribution in [0.2, 0.25) is 0 Å². The van der Waals surface area contributed by atoms with Crippen molar-refractivity contribution in [2.45, 2.75) is 59.4 Å². The normalized spacial score (nSPS) is 16.5. The lowest BCUT2D eigenvalue weighted by atomic mass is 9.97. The summed E-state index contributed by atoms with van der Waals surface area (Å²) in [5.41, 5.74) is 9.02. The Balaban J connectivity index is 0. The third-order valence-corrected chi connectivity index (χ3v) is 4.91. The lowest BCUT2D eigenvalue weighted by molar-refractivity contribution is -0.114. The van der Waals surface area contributed by atoms with E-state index in [0.29, 0.717) is 30.3 Å². The van der Waals surface area contributed by atoms with Gasteiger partial charge in [-0.2, -0.15) is 0 Å². The fourth-order valence-corrected chi connectivity index (χ4v) is 2.93. The number of nitrogens with zero attached hydrogens (tertiary/aromatic N) is 3. The van der Waals surface area contributed by atoms with Crippen LogP contribution in [0.25, 0.3) is 0 Å². The van der Waals surface area contributed by atoms with Gasteiger partial charge in [0, 0.05) is 27.6 Å². The highest BCUT2D eigenvalue weighted by molar-refractivity contribution is 5.93. The predicted octanol–water partition coefficient (Wildman–Crippen LogP) is 4.00. The summed E-state index contributed by atoms with van der Waals surface area (Å²) >= 11 is 0. The number of nitrogens with one attached hydrogen (secondary N) is 1. The van der Waals surface area contributed by atoms with Gasteiger partial charge in [-0.3, -0.25) is 4.79 Å². The highest BCUT2D eigenvalue weighted by Crippen LogP contribution is 2.33. The zero-order valence-electron chi connectivity index (χ0n) is 20.4. The molecule has 0 radical (unpaired) electrons. The largest absolute Gasteiger partial charge is 0.481 e. The molecule has 0 saturated carbocycles. The predicted molar refractivity (Wildman–Crippen MR) is 131 cm³/mol. The van der Waals surface area contributed by atoms with Crippen LogP contribution in [0.15, 0.2) is 22.8 Å². The first-order valence-electron chi connectivity index (χ1n) is 10.6. The molecule has 3 N–H and O–H groups in total. The van der Waals surface area contributed by atoms with E-state index in [-0.39, 0.29) is 14.7 Å². The molecule has 1 amide bonds. The zero-order chi connectivity index (χ0) is 23.7. The molecule has 1 aliphatic rings. The number of methoxy groups -OCH3 is 1. The van der Waals surface area contributed by atoms with Crippen molar-refractivity contribution in [3.05, 3.63) is 29.1 Å². The molecule has 2 heterocycles. The molecule has 0 unspecified atom stereocenters. The van der Waals surface area contributed by atoms with E-state index in [2.05, 4.69) is 47.9 Å². The van der Waals surface area contributed by atoms with Gasteiger partial charge >= 0.3 is 0 Å². The van der Waals surface area contributed by atoms with Crippen molar-refractivity contribution in [1.29, 1.82) is 0 Å². The molecule has 0 aliphatic carbocycles. The second kappa shape index (κ2) is 12.3. The summed E-state index contributed by atoms with van der Waals surface area (Å²) < 4.78 is 10.7. The number of anilines is 1. The molecular weight excluding hydrogens is 394 g/mol. The summed E-state index contributed by atoms with van der Waals surface area (Å²) in [5, 5.41) is 2.90. The van der Waals surface area contributed by atoms with Gasteiger partial charge in [0.25, 0.3) is 0 Å². The zero-order valence-corrected chi connectivity index (χ0v) is 20.4. The maximum Gasteiger partial charge on any atom is 0.221 e. The maximum atomic E-state index is 11.3. The minimum Gasteiger partial charge on any atom is -0.481 e. The monoisotopic (exact) mass is 437 g/mol. The first kappa shape index (κ1) is 26.4. The Kier molecular flexibility index (Phi) is 10.5. The first-order valence-corrected chi connectivity index (χ1v) is 10.6. The van der Waals surface area contributed by atoms with Crippen molar-refractivity contribution in [3.63, 3.8) is 0 Å². The second-order valence-corrected chi connectivity index (χ2v) is 8.43. The third-order valence-electron chi connectivity index (χ3n) is 4.91. The molecule has 178 valence electrons. The molecule has 0 bridgehead atoms. The van der Waals surface area contributed by atoms with Gasteiger partial charge in [-0.15, -0.1) is 0 Å². The number of pyridine rings is 1. The molecule has 31 heavy (non-hydrogen) atoms. The van der Waals surface area contributed by atoms with Crippen LogP contribution in [0.3, 0.4) is 0 Å². The molecule has 1 aliphatic heterocycles. The topological polar surface area (TPSA) is 102 Å². The summed E-state index contributed by atoms with van der Waals surface area (Å²) in [4.78, 5) is 22.2. The van der Waals surface area contributed by atoms with Crippen LogP contribution in [0.5, 0.6) is 5.88 Å². The van der Waals surface area contributed by atoms with E-state index >= 15 is 0 Å². The number of aliphatic imine (C=N–C) groups is 1. The van der Waals surface area contributed by atoms with Crippen molar-refractivity contribution < 1.29 is 17.1 Å². The summed E-state index contributed by atoms with van der Waals surface area (Å²) in [5.74, 6) is 1.71. The number of rotatable bonds is 6. The standard InChI is InChI=1S/C14H22N2O2.C9H17N3O.2H2/c1-8(2)11-7-12(18-6)16-13(9(3)4)14(11)15-10(5)17;1-7(4-10)9-11-5-8(6-13-9)12(2)3;;/h7-9H,1-6H3,(H,15,17);4,8H,5-6,10H2,1-3H3;2*1H/b;7-4-;;/t;8-;;/m.0../s1. The van der Waals surface area contributed by atoms with Gasteiger partial charge in [0.15, 0.2) is 0 Å². The summed E-state index contributed by atoms with van der Waals surface area (Å²) in [6, 6.07) is 2.27. The molecular formula is C23H43N5O3. The molecule has 1 aromatic rings. The van der Waals surface area contributed by atoms with Crippen LogP contribution in [0, 0.1) is 0 Å². The quantitative estimate of drug-likeness (QED) is 0.697. The third kappa shape index (κ3) is 7.86. The van der Waals surface area contributed by atoms with Crippen LogP contribution in [0.1, 0.15) is 67.5 Å². The highest BCUT2D eigenvalue weighted by atomic mass is 16.5. The number of likely N-dealkylation sites (N-methyl/N-ethyl adjacent to an activating group) is 1. The van der Waals surface area contributed by atoms with E-state index in [1.165, 1.54) is 13.1 Å². The molecule has 0 spiro atoms. The molecule has 8 heteroatoms. The summed E-state index contributed by atoms with van der Waals surface area (Å²) in [7, 11) is 5.66. The Hall–Kier alpha value is -2.61. The smallest absolute Gasteiger partial charge is 0.221 e. The Bertz CT molecular complexity index is 782. The number of aromatic nitrogens is 1. The van der Waals surface area contributed by atoms with Crippen LogP contribution in [0.4, 0.5) is 5.69 Å². The van der Waals surface area contributed by atoms with E-state index in [4.69, 9.17) is 15.2 Å². The SMILES string of the molecule is C/C(=C/N)C1=NC[C@H](N(C)C)CO1.COc1cc(C(C)C)c(NC(C)=O)c(C(C)C)n1.[HH].[HH]. The fourth-order valence-electron chi connectivity index (χ4n) is 2.93. The molecule has 1 aromatic heterocycles. The number of ether oxygens (including phenoxy) is 2. The van der Waals surface area contributed by atoms with Gasteiger partial charge in [0.05, 0.1) is 31.1 Å². The summed E-state index contributed by atoms with van der Waals surface area (Å²) in [6.45, 7) is 13.2. The van der Waals surface area contributed by atoms with E-state index < -0.39 is 0 Å². The Labute approximate surface area is 189 Å². The Morgan fingerprint density at radius 1 is 1.32 bits per heavy atom. The van der Waals surface area contributed by atoms with Crippen LogP contribution >= 0.6 is 0 Å². The van der Waals surface area contributed by atoms with E-state index in [0.717, 1.165) is 29.1 Å². The average molecular weight is 438 g/mol. The van der Waals surface area contributed by atoms with Crippen LogP contribution < -0.4 is 15.8 Å². The molecule has 2 rings (SSSR count). The van der Waals surface area contributed by atoms with Gasteiger partial charge < -0.3 is 25.4 Å². The summed E-state index contributed by atoms with van der Waals surface area (Å²) in [6.07, 6.45) is 1.52. The van der Waals surface area contributed by atoms with Crippen molar-refractivity contribution in [1.82, 2.24) is 9.88 Å². The van der Waals surface area contributed by atoms with Crippen molar-refractivity contribution in [3.8, 4) is 5.88 Å². The minimum atomic E-state index is -0.0780. The minimum absolute atomic E-state index is 0. The lowest BCUT2D eigenvalue weighted by Gasteiger charge is -2.27. The Morgan fingerprint density at radius 3 is 2.35 bits per heavy atom. The number of carbonyl (C=O) groups is 1. The van der Waals surface area contributed by atoms with Gasteiger partial charge in [-0.1, -0.05) is 27.7 Å². The highest BCUT2D eigenvalue weighted by Gasteiger charge is 2.19. The van der Waals surface area contributed by atoms with Gasteiger partial charge in [-0.05, 0) is 38.4 Å². The second-order valence-electron chi connectivity index (χ2n) is 8.43. The van der Waals surface area contributed by atoms with E-state index in [1.54, 1.807) is 7.11 Å². The lowest BCUT2D eigenvalue weighted by Crippen LogP contribution is -2.39. The van der Waals surface area contributed by atoms with Crippen molar-refractivity contribution >= 4 is 17.5 Å². The van der Waals surface area contributed by atoms with Gasteiger partial charge in [0.1, 0.15) is 6.61 Å².